The summed E-state index contributed by atoms with van der Waals surface area (Å²) in [6.45, 7) is 0. The number of pyridine rings is 1. The Bertz CT molecular complexity index is 577. The van der Waals surface area contributed by atoms with Gasteiger partial charge < -0.3 is 0 Å². The third-order valence-electron chi connectivity index (χ3n) is 2.36. The average Bonchev–Trinajstić information content (AvgIpc) is 2.49. The van der Waals surface area contributed by atoms with Gasteiger partial charge >= 0.3 is 0 Å². The first kappa shape index (κ1) is 12.7. The molecule has 2 aromatic rings. The van der Waals surface area contributed by atoms with Crippen molar-refractivity contribution in [2.24, 2.45) is 5.10 Å². The lowest BCUT2D eigenvalue weighted by Crippen LogP contribution is -2.17. The predicted octanol–water partition coefficient (Wildman–Crippen LogP) is 2.51. The third-order valence-corrected chi connectivity index (χ3v) is 2.36. The van der Waals surface area contributed by atoms with E-state index in [0.717, 1.165) is 5.56 Å². The molecule has 1 heterocycles. The second kappa shape index (κ2) is 6.86. The molecule has 0 aliphatic rings. The maximum atomic E-state index is 11.6. The molecule has 1 aromatic heterocycles. The predicted molar refractivity (Wildman–Crippen MR) is 75.7 cm³/mol. The minimum Gasteiger partial charge on any atom is -0.267 e. The van der Waals surface area contributed by atoms with Crippen molar-refractivity contribution in [1.29, 1.82) is 0 Å². The number of hydrogen-bond acceptors (Lipinski definition) is 3. The van der Waals surface area contributed by atoms with Crippen molar-refractivity contribution in [2.45, 2.75) is 0 Å². The molecule has 2 rings (SSSR count). The van der Waals surface area contributed by atoms with Gasteiger partial charge in [-0.2, -0.15) is 5.10 Å². The fourth-order valence-corrected chi connectivity index (χ4v) is 1.43. The van der Waals surface area contributed by atoms with Crippen molar-refractivity contribution in [3.05, 3.63) is 72.1 Å². The summed E-state index contributed by atoms with van der Waals surface area (Å²) in [5, 5.41) is 3.83. The smallest absolute Gasteiger partial charge is 0.267 e. The first-order chi connectivity index (χ1) is 9.36. The van der Waals surface area contributed by atoms with E-state index in [4.69, 9.17) is 0 Å². The maximum Gasteiger partial charge on any atom is 0.271 e. The van der Waals surface area contributed by atoms with E-state index in [1.54, 1.807) is 30.6 Å². The topological polar surface area (TPSA) is 54.4 Å². The molecule has 0 bridgehead atoms. The third kappa shape index (κ3) is 4.20. The molecule has 4 heteroatoms. The summed E-state index contributed by atoms with van der Waals surface area (Å²) < 4.78 is 0. The summed E-state index contributed by atoms with van der Waals surface area (Å²) in [5.41, 5.74) is 4.04. The molecule has 94 valence electrons. The molecule has 0 atom stereocenters. The zero-order chi connectivity index (χ0) is 13.3. The average molecular weight is 251 g/mol. The fraction of sp³-hybridized carbons (Fsp3) is 0. The Hall–Kier alpha value is -2.75. The van der Waals surface area contributed by atoms with E-state index >= 15 is 0 Å². The molecule has 1 amide bonds. The molecule has 19 heavy (non-hydrogen) atoms. The summed E-state index contributed by atoms with van der Waals surface area (Å²) in [6, 6.07) is 13.1. The van der Waals surface area contributed by atoms with Crippen molar-refractivity contribution in [3.63, 3.8) is 0 Å². The molecule has 0 saturated carbocycles. The lowest BCUT2D eigenvalue weighted by molar-refractivity contribution is 0.0955. The van der Waals surface area contributed by atoms with E-state index < -0.39 is 0 Å². The minimum absolute atomic E-state index is 0.258. The van der Waals surface area contributed by atoms with Crippen LogP contribution in [0.4, 0.5) is 0 Å². The number of aromatic nitrogens is 1. The number of allylic oxidation sites excluding steroid dienone is 1. The monoisotopic (exact) mass is 251 g/mol. The number of benzene rings is 1. The second-order valence-electron chi connectivity index (χ2n) is 3.72. The van der Waals surface area contributed by atoms with E-state index in [2.05, 4.69) is 15.5 Å². The van der Waals surface area contributed by atoms with E-state index in [-0.39, 0.29) is 5.91 Å². The highest BCUT2D eigenvalue weighted by molar-refractivity contribution is 5.94. The fourth-order valence-electron chi connectivity index (χ4n) is 1.43. The molecule has 4 nitrogen and oxygen atoms in total. The summed E-state index contributed by atoms with van der Waals surface area (Å²) >= 11 is 0. The highest BCUT2D eigenvalue weighted by Gasteiger charge is 2.01. The van der Waals surface area contributed by atoms with Gasteiger partial charge in [-0.05, 0) is 23.8 Å². The number of hydrazone groups is 1. The van der Waals surface area contributed by atoms with Gasteiger partial charge in [0.05, 0.1) is 0 Å². The highest BCUT2D eigenvalue weighted by atomic mass is 16.2. The van der Waals surface area contributed by atoms with Crippen LogP contribution in [0.5, 0.6) is 0 Å². The van der Waals surface area contributed by atoms with E-state index in [0.29, 0.717) is 5.56 Å². The highest BCUT2D eigenvalue weighted by Crippen LogP contribution is 1.99. The van der Waals surface area contributed by atoms with Crippen molar-refractivity contribution >= 4 is 18.2 Å². The Morgan fingerprint density at radius 2 is 1.84 bits per heavy atom. The van der Waals surface area contributed by atoms with Gasteiger partial charge in [0.2, 0.25) is 0 Å². The molecule has 0 unspecified atom stereocenters. The molecule has 0 spiro atoms. The summed E-state index contributed by atoms with van der Waals surface area (Å²) in [6.07, 6.45) is 8.33. The Labute approximate surface area is 111 Å². The van der Waals surface area contributed by atoms with E-state index in [1.165, 1.54) is 6.21 Å². The number of amides is 1. The van der Waals surface area contributed by atoms with Crippen LogP contribution >= 0.6 is 0 Å². The summed E-state index contributed by atoms with van der Waals surface area (Å²) in [4.78, 5) is 15.4. The molecular formula is C15H13N3O. The molecule has 0 saturated heterocycles. The molecule has 0 aliphatic heterocycles. The molecule has 1 N–H and O–H groups in total. The summed E-state index contributed by atoms with van der Waals surface area (Å²) in [7, 11) is 0. The van der Waals surface area contributed by atoms with Crippen LogP contribution in [0.1, 0.15) is 15.9 Å². The van der Waals surface area contributed by atoms with Crippen LogP contribution in [0, 0.1) is 0 Å². The summed E-state index contributed by atoms with van der Waals surface area (Å²) in [5.74, 6) is -0.258. The number of nitrogens with zero attached hydrogens (tertiary/aromatic N) is 2. The standard InChI is InChI=1S/C15H13N3O/c19-15(14-8-11-16-12-9-14)18-17-10-4-7-13-5-2-1-3-6-13/h1-12H,(H,18,19)/b7-4+,17-10-. The largest absolute Gasteiger partial charge is 0.271 e. The molecule has 0 aliphatic carbocycles. The van der Waals surface area contributed by atoms with Crippen molar-refractivity contribution in [3.8, 4) is 0 Å². The van der Waals surface area contributed by atoms with Crippen molar-refractivity contribution in [1.82, 2.24) is 10.4 Å². The van der Waals surface area contributed by atoms with Crippen LogP contribution in [-0.4, -0.2) is 17.1 Å². The Morgan fingerprint density at radius 3 is 2.58 bits per heavy atom. The van der Waals surface area contributed by atoms with E-state index in [9.17, 15) is 4.79 Å². The lowest BCUT2D eigenvalue weighted by Gasteiger charge is -1.97. The maximum absolute atomic E-state index is 11.6. The van der Waals surface area contributed by atoms with Gasteiger partial charge in [-0.15, -0.1) is 0 Å². The van der Waals surface area contributed by atoms with Crippen LogP contribution in [0.15, 0.2) is 66.0 Å². The van der Waals surface area contributed by atoms with Gasteiger partial charge in [0.25, 0.3) is 5.91 Å². The quantitative estimate of drug-likeness (QED) is 0.670. The SMILES string of the molecule is O=C(N/N=C\C=C\c1ccccc1)c1ccncc1. The number of nitrogens with one attached hydrogen (secondary N) is 1. The van der Waals surface area contributed by atoms with Gasteiger partial charge in [-0.25, -0.2) is 5.43 Å². The first-order valence-electron chi connectivity index (χ1n) is 5.81. The first-order valence-corrected chi connectivity index (χ1v) is 5.81. The molecular weight excluding hydrogens is 238 g/mol. The van der Waals surface area contributed by atoms with Crippen LogP contribution in [0.25, 0.3) is 6.08 Å². The van der Waals surface area contributed by atoms with Crippen molar-refractivity contribution in [2.75, 3.05) is 0 Å². The van der Waals surface area contributed by atoms with Crippen LogP contribution in [0.2, 0.25) is 0 Å². The van der Waals surface area contributed by atoms with Crippen LogP contribution in [-0.2, 0) is 0 Å². The number of rotatable bonds is 4. The molecule has 1 aromatic carbocycles. The number of hydrogen-bond donors (Lipinski definition) is 1. The zero-order valence-electron chi connectivity index (χ0n) is 10.2. The van der Waals surface area contributed by atoms with Gasteiger partial charge in [-0.1, -0.05) is 36.4 Å². The minimum atomic E-state index is -0.258. The second-order valence-corrected chi connectivity index (χ2v) is 3.72. The lowest BCUT2D eigenvalue weighted by atomic mass is 10.2. The van der Waals surface area contributed by atoms with Crippen LogP contribution in [0.3, 0.4) is 0 Å². The van der Waals surface area contributed by atoms with Gasteiger partial charge in [0.15, 0.2) is 0 Å². The van der Waals surface area contributed by atoms with Gasteiger partial charge in [-0.3, -0.25) is 9.78 Å². The molecule has 0 fully saturated rings. The zero-order valence-corrected chi connectivity index (χ0v) is 10.2. The number of carbonyl (C=O) groups excluding carboxylic acids is 1. The molecule has 0 radical (unpaired) electrons. The Balaban J connectivity index is 1.84. The Kier molecular flexibility index (Phi) is 4.58. The normalized spacial score (nSPS) is 10.9. The van der Waals surface area contributed by atoms with Gasteiger partial charge in [0, 0.05) is 24.2 Å². The van der Waals surface area contributed by atoms with Gasteiger partial charge in [0.1, 0.15) is 0 Å². The van der Waals surface area contributed by atoms with E-state index in [1.807, 2.05) is 36.4 Å². The van der Waals surface area contributed by atoms with Crippen LogP contribution < -0.4 is 5.43 Å². The Morgan fingerprint density at radius 1 is 1.11 bits per heavy atom. The number of carbonyl (C=O) groups is 1. The van der Waals surface area contributed by atoms with Crippen molar-refractivity contribution < 1.29 is 4.79 Å².